The maximum atomic E-state index is 13.2. The lowest BCUT2D eigenvalue weighted by atomic mass is 10.0. The number of benzene rings is 2. The van der Waals surface area contributed by atoms with Gasteiger partial charge >= 0.3 is 6.03 Å². The zero-order valence-corrected chi connectivity index (χ0v) is 16.9. The minimum atomic E-state index is -0.302. The van der Waals surface area contributed by atoms with Gasteiger partial charge in [0.1, 0.15) is 11.6 Å². The summed E-state index contributed by atoms with van der Waals surface area (Å²) in [5.41, 5.74) is 2.65. The maximum Gasteiger partial charge on any atom is 0.318 e. The van der Waals surface area contributed by atoms with Crippen LogP contribution in [-0.4, -0.2) is 42.4 Å². The predicted octanol–water partition coefficient (Wildman–Crippen LogP) is 3.95. The van der Waals surface area contributed by atoms with E-state index in [1.54, 1.807) is 24.1 Å². The van der Waals surface area contributed by atoms with Crippen molar-refractivity contribution in [1.82, 2.24) is 10.2 Å². The van der Waals surface area contributed by atoms with Crippen molar-refractivity contribution in [3.05, 3.63) is 65.5 Å². The largest absolute Gasteiger partial charge is 0.497 e. The van der Waals surface area contributed by atoms with E-state index in [9.17, 15) is 9.18 Å². The molecule has 0 saturated carbocycles. The first kappa shape index (κ1) is 20.6. The van der Waals surface area contributed by atoms with Crippen LogP contribution >= 0.6 is 0 Å². The van der Waals surface area contributed by atoms with Crippen LogP contribution in [-0.2, 0) is 11.4 Å². The van der Waals surface area contributed by atoms with Gasteiger partial charge in [-0.25, -0.2) is 9.18 Å². The number of nitrogens with one attached hydrogen (secondary N) is 1. The molecule has 2 aromatic rings. The van der Waals surface area contributed by atoms with E-state index < -0.39 is 0 Å². The fraction of sp³-hybridized carbons (Fsp3) is 0.364. The zero-order chi connectivity index (χ0) is 20.8. The average Bonchev–Trinajstić information content (AvgIpc) is 3.17. The van der Waals surface area contributed by atoms with Crippen molar-refractivity contribution in [2.24, 2.45) is 5.16 Å². The van der Waals surface area contributed by atoms with E-state index in [2.05, 4.69) is 10.5 Å². The van der Waals surface area contributed by atoms with Crippen LogP contribution in [0.5, 0.6) is 5.75 Å². The Bertz CT molecular complexity index is 851. The highest BCUT2D eigenvalue weighted by Crippen LogP contribution is 2.21. The number of ether oxygens (including phenoxy) is 1. The number of carbonyl (C=O) groups is 1. The molecule has 1 N–H and O–H groups in total. The molecule has 1 aliphatic heterocycles. The van der Waals surface area contributed by atoms with E-state index in [1.807, 2.05) is 38.1 Å². The molecule has 0 unspecified atom stereocenters. The van der Waals surface area contributed by atoms with Crippen LogP contribution in [0, 0.1) is 5.82 Å². The molecule has 6 nitrogen and oxygen atoms in total. The normalized spacial score (nSPS) is 15.6. The molecule has 0 fully saturated rings. The molecule has 1 atom stereocenters. The molecule has 0 aliphatic carbocycles. The molecule has 2 aromatic carbocycles. The summed E-state index contributed by atoms with van der Waals surface area (Å²) in [6, 6.07) is 13.6. The molecular weight excluding hydrogens is 373 g/mol. The summed E-state index contributed by atoms with van der Waals surface area (Å²) in [7, 11) is 1.62. The van der Waals surface area contributed by atoms with Crippen molar-refractivity contribution in [3.8, 4) is 5.75 Å². The summed E-state index contributed by atoms with van der Waals surface area (Å²) in [5, 5.41) is 7.11. The van der Waals surface area contributed by atoms with Crippen molar-refractivity contribution in [2.75, 3.05) is 13.7 Å². The van der Waals surface area contributed by atoms with Gasteiger partial charge in [-0.1, -0.05) is 17.3 Å². The highest BCUT2D eigenvalue weighted by Gasteiger charge is 2.27. The lowest BCUT2D eigenvalue weighted by Crippen LogP contribution is -2.45. The second kappa shape index (κ2) is 9.41. The molecule has 1 aliphatic rings. The van der Waals surface area contributed by atoms with E-state index in [1.165, 1.54) is 12.1 Å². The van der Waals surface area contributed by atoms with E-state index in [0.717, 1.165) is 22.6 Å². The van der Waals surface area contributed by atoms with Crippen molar-refractivity contribution >= 4 is 11.7 Å². The Hall–Kier alpha value is -3.09. The highest BCUT2D eigenvalue weighted by molar-refractivity contribution is 6.01. The molecular formula is C22H26FN3O3. The summed E-state index contributed by atoms with van der Waals surface area (Å²) in [4.78, 5) is 19.9. The van der Waals surface area contributed by atoms with Gasteiger partial charge in [-0.15, -0.1) is 0 Å². The SMILES string of the molecule is COc1ccc(C2=NO[C@@H](CN(Cc3ccc(F)cc3)C(=O)NC(C)C)C2)cc1. The van der Waals surface area contributed by atoms with Crippen molar-refractivity contribution < 1.29 is 18.8 Å². The number of halogens is 1. The van der Waals surface area contributed by atoms with Crippen molar-refractivity contribution in [3.63, 3.8) is 0 Å². The van der Waals surface area contributed by atoms with Gasteiger partial charge in [0.15, 0.2) is 6.10 Å². The smallest absolute Gasteiger partial charge is 0.318 e. The van der Waals surface area contributed by atoms with Gasteiger partial charge in [0.2, 0.25) is 0 Å². The number of methoxy groups -OCH3 is 1. The molecule has 2 amide bonds. The molecule has 7 heteroatoms. The fourth-order valence-electron chi connectivity index (χ4n) is 3.09. The van der Waals surface area contributed by atoms with Gasteiger partial charge in [-0.2, -0.15) is 0 Å². The van der Waals surface area contributed by atoms with Crippen LogP contribution in [0.4, 0.5) is 9.18 Å². The average molecular weight is 399 g/mol. The molecule has 0 bridgehead atoms. The maximum absolute atomic E-state index is 13.2. The Kier molecular flexibility index (Phi) is 6.69. The lowest BCUT2D eigenvalue weighted by molar-refractivity contribution is 0.0586. The van der Waals surface area contributed by atoms with Gasteiger partial charge < -0.3 is 19.8 Å². The van der Waals surface area contributed by atoms with Crippen LogP contribution < -0.4 is 10.1 Å². The third-order valence-electron chi connectivity index (χ3n) is 4.57. The van der Waals surface area contributed by atoms with Gasteiger partial charge in [-0.05, 0) is 61.4 Å². The number of hydrogen-bond donors (Lipinski definition) is 1. The molecule has 0 radical (unpaired) electrons. The molecule has 3 rings (SSSR count). The van der Waals surface area contributed by atoms with E-state index in [0.29, 0.717) is 19.5 Å². The van der Waals surface area contributed by atoms with Crippen LogP contribution in [0.2, 0.25) is 0 Å². The molecule has 0 spiro atoms. The molecule has 0 aromatic heterocycles. The monoisotopic (exact) mass is 399 g/mol. The number of hydrogen-bond acceptors (Lipinski definition) is 4. The summed E-state index contributed by atoms with van der Waals surface area (Å²) < 4.78 is 18.4. The quantitative estimate of drug-likeness (QED) is 0.767. The van der Waals surface area contributed by atoms with E-state index in [-0.39, 0.29) is 24.0 Å². The van der Waals surface area contributed by atoms with Crippen LogP contribution in [0.15, 0.2) is 53.7 Å². The zero-order valence-electron chi connectivity index (χ0n) is 16.9. The Labute approximate surface area is 170 Å². The molecule has 154 valence electrons. The first-order chi connectivity index (χ1) is 13.9. The fourth-order valence-corrected chi connectivity index (χ4v) is 3.09. The number of nitrogens with zero attached hydrogens (tertiary/aromatic N) is 2. The highest BCUT2D eigenvalue weighted by atomic mass is 19.1. The number of urea groups is 1. The summed E-state index contributed by atoms with van der Waals surface area (Å²) in [6.07, 6.45) is 0.353. The minimum absolute atomic E-state index is 0.00817. The van der Waals surface area contributed by atoms with Gasteiger partial charge in [0.25, 0.3) is 0 Å². The minimum Gasteiger partial charge on any atom is -0.497 e. The molecule has 1 heterocycles. The van der Waals surface area contributed by atoms with Gasteiger partial charge in [0, 0.05) is 19.0 Å². The standard InChI is InChI=1S/C22H26FN3O3/c1-15(2)24-22(27)26(13-16-4-8-18(23)9-5-16)14-20-12-21(25-29-20)17-6-10-19(28-3)11-7-17/h4-11,15,20H,12-14H2,1-3H3,(H,24,27)/t20-/m1/s1. The first-order valence-electron chi connectivity index (χ1n) is 9.61. The van der Waals surface area contributed by atoms with Crippen molar-refractivity contribution in [1.29, 1.82) is 0 Å². The third-order valence-corrected chi connectivity index (χ3v) is 4.57. The topological polar surface area (TPSA) is 63.2 Å². The Morgan fingerprint density at radius 3 is 2.55 bits per heavy atom. The van der Waals surface area contributed by atoms with E-state index in [4.69, 9.17) is 9.57 Å². The second-order valence-corrected chi connectivity index (χ2v) is 7.31. The predicted molar refractivity (Wildman–Crippen MR) is 109 cm³/mol. The van der Waals surface area contributed by atoms with Crippen LogP contribution in [0.3, 0.4) is 0 Å². The molecule has 0 saturated heterocycles. The summed E-state index contributed by atoms with van der Waals surface area (Å²) >= 11 is 0. The lowest BCUT2D eigenvalue weighted by Gasteiger charge is -2.26. The Morgan fingerprint density at radius 2 is 1.93 bits per heavy atom. The van der Waals surface area contributed by atoms with Crippen LogP contribution in [0.25, 0.3) is 0 Å². The number of carbonyl (C=O) groups excluding carboxylic acids is 1. The van der Waals surface area contributed by atoms with Gasteiger partial charge in [0.05, 0.1) is 19.4 Å². The molecule has 29 heavy (non-hydrogen) atoms. The third kappa shape index (κ3) is 5.70. The summed E-state index contributed by atoms with van der Waals surface area (Å²) in [6.45, 7) is 4.55. The number of rotatable bonds is 7. The first-order valence-corrected chi connectivity index (χ1v) is 9.61. The number of amides is 2. The van der Waals surface area contributed by atoms with Gasteiger partial charge in [-0.3, -0.25) is 0 Å². The number of oxime groups is 1. The summed E-state index contributed by atoms with van der Waals surface area (Å²) in [5.74, 6) is 0.476. The second-order valence-electron chi connectivity index (χ2n) is 7.31. The van der Waals surface area contributed by atoms with Crippen LogP contribution in [0.1, 0.15) is 31.4 Å². The van der Waals surface area contributed by atoms with E-state index >= 15 is 0 Å². The Morgan fingerprint density at radius 1 is 1.24 bits per heavy atom. The van der Waals surface area contributed by atoms with Crippen molar-refractivity contribution in [2.45, 2.75) is 39.0 Å². The Balaban J connectivity index is 1.65.